The number of nitrogens with one attached hydrogen (secondary N) is 2. The fourth-order valence-electron chi connectivity index (χ4n) is 2.80. The van der Waals surface area contributed by atoms with E-state index in [9.17, 15) is 13.6 Å². The maximum Gasteiger partial charge on any atom is 0.238 e. The predicted octanol–water partition coefficient (Wildman–Crippen LogP) is 2.37. The molecule has 0 aliphatic carbocycles. The number of benzene rings is 1. The van der Waals surface area contributed by atoms with Crippen molar-refractivity contribution in [1.29, 1.82) is 0 Å². The number of nitrogens with zero attached hydrogens (tertiary/aromatic N) is 2. The van der Waals surface area contributed by atoms with E-state index in [-0.39, 0.29) is 36.6 Å². The number of pyridine rings is 1. The van der Waals surface area contributed by atoms with Gasteiger partial charge in [0.05, 0.1) is 12.2 Å². The fourth-order valence-corrected chi connectivity index (χ4v) is 2.80. The molecule has 2 aromatic rings. The maximum absolute atomic E-state index is 13.6. The molecule has 1 aromatic carbocycles. The van der Waals surface area contributed by atoms with Crippen LogP contribution in [0.2, 0.25) is 0 Å². The van der Waals surface area contributed by atoms with E-state index in [4.69, 9.17) is 0 Å². The van der Waals surface area contributed by atoms with Crippen molar-refractivity contribution in [1.82, 2.24) is 15.2 Å². The molecular weight excluding hydrogens is 350 g/mol. The minimum Gasteiger partial charge on any atom is -0.322 e. The lowest BCUT2D eigenvalue weighted by Gasteiger charge is -2.35. The van der Waals surface area contributed by atoms with Crippen molar-refractivity contribution in [2.75, 3.05) is 31.5 Å². The molecule has 1 saturated heterocycles. The van der Waals surface area contributed by atoms with E-state index >= 15 is 0 Å². The molecule has 1 atom stereocenters. The molecule has 134 valence electrons. The van der Waals surface area contributed by atoms with E-state index in [1.165, 1.54) is 0 Å². The lowest BCUT2D eigenvalue weighted by Crippen LogP contribution is -2.48. The molecule has 0 saturated carbocycles. The van der Waals surface area contributed by atoms with Gasteiger partial charge >= 0.3 is 0 Å². The third kappa shape index (κ3) is 4.94. The quantitative estimate of drug-likeness (QED) is 0.870. The minimum absolute atomic E-state index is 0. The summed E-state index contributed by atoms with van der Waals surface area (Å²) >= 11 is 0. The number of amides is 1. The van der Waals surface area contributed by atoms with Crippen molar-refractivity contribution in [2.45, 2.75) is 6.04 Å². The smallest absolute Gasteiger partial charge is 0.238 e. The number of hydrogen-bond acceptors (Lipinski definition) is 4. The second kappa shape index (κ2) is 8.84. The Kier molecular flexibility index (Phi) is 6.81. The second-order valence-corrected chi connectivity index (χ2v) is 5.65. The zero-order valence-electron chi connectivity index (χ0n) is 13.4. The van der Waals surface area contributed by atoms with Gasteiger partial charge < -0.3 is 10.6 Å². The maximum atomic E-state index is 13.6. The standard InChI is InChI=1S/C17H18F2N4O.ClH/c18-13-3-4-14(19)15(8-13)22-17(24)11-23-7-6-21-10-16(23)12-2-1-5-20-9-12;/h1-5,8-9,16,21H,6-7,10-11H2,(H,22,24);1H. The summed E-state index contributed by atoms with van der Waals surface area (Å²) < 4.78 is 26.8. The average molecular weight is 369 g/mol. The van der Waals surface area contributed by atoms with Crippen molar-refractivity contribution in [3.8, 4) is 0 Å². The predicted molar refractivity (Wildman–Crippen MR) is 93.7 cm³/mol. The monoisotopic (exact) mass is 368 g/mol. The molecule has 1 aliphatic heterocycles. The molecular formula is C17H19ClF2N4O. The van der Waals surface area contributed by atoms with E-state index < -0.39 is 11.6 Å². The molecule has 0 bridgehead atoms. The Hall–Kier alpha value is -2.09. The molecule has 1 aliphatic rings. The Morgan fingerprint density at radius 3 is 2.96 bits per heavy atom. The number of carbonyl (C=O) groups is 1. The number of anilines is 1. The van der Waals surface area contributed by atoms with Crippen LogP contribution in [0.5, 0.6) is 0 Å². The van der Waals surface area contributed by atoms with Crippen LogP contribution in [0.4, 0.5) is 14.5 Å². The lowest BCUT2D eigenvalue weighted by atomic mass is 10.1. The Bertz CT molecular complexity index is 717. The Morgan fingerprint density at radius 2 is 2.20 bits per heavy atom. The molecule has 1 unspecified atom stereocenters. The number of aromatic nitrogens is 1. The molecule has 25 heavy (non-hydrogen) atoms. The Balaban J connectivity index is 0.00000225. The molecule has 8 heteroatoms. The van der Waals surface area contributed by atoms with Crippen molar-refractivity contribution in [3.63, 3.8) is 0 Å². The second-order valence-electron chi connectivity index (χ2n) is 5.65. The first-order chi connectivity index (χ1) is 11.6. The normalized spacial score (nSPS) is 17.6. The van der Waals surface area contributed by atoms with Gasteiger partial charge in [0, 0.05) is 44.1 Å². The van der Waals surface area contributed by atoms with E-state index in [2.05, 4.69) is 15.6 Å². The van der Waals surface area contributed by atoms with Gasteiger partial charge in [-0.3, -0.25) is 14.7 Å². The summed E-state index contributed by atoms with van der Waals surface area (Å²) in [5.41, 5.74) is 0.863. The molecule has 0 spiro atoms. The van der Waals surface area contributed by atoms with Crippen LogP contribution in [-0.4, -0.2) is 42.0 Å². The van der Waals surface area contributed by atoms with E-state index in [1.54, 1.807) is 12.4 Å². The van der Waals surface area contributed by atoms with Crippen molar-refractivity contribution >= 4 is 24.0 Å². The number of halogens is 3. The highest BCUT2D eigenvalue weighted by molar-refractivity contribution is 5.92. The summed E-state index contributed by atoms with van der Waals surface area (Å²) in [6.07, 6.45) is 3.47. The highest BCUT2D eigenvalue weighted by Crippen LogP contribution is 2.21. The molecule has 3 rings (SSSR count). The van der Waals surface area contributed by atoms with Gasteiger partial charge in [-0.1, -0.05) is 6.07 Å². The molecule has 0 radical (unpaired) electrons. The van der Waals surface area contributed by atoms with Crippen LogP contribution in [0.15, 0.2) is 42.7 Å². The van der Waals surface area contributed by atoms with Crippen molar-refractivity contribution in [3.05, 3.63) is 59.9 Å². The van der Waals surface area contributed by atoms with Crippen molar-refractivity contribution in [2.24, 2.45) is 0 Å². The van der Waals surface area contributed by atoms with E-state index in [0.29, 0.717) is 13.1 Å². The Morgan fingerprint density at radius 1 is 1.36 bits per heavy atom. The highest BCUT2D eigenvalue weighted by Gasteiger charge is 2.25. The van der Waals surface area contributed by atoms with Crippen LogP contribution >= 0.6 is 12.4 Å². The SMILES string of the molecule is Cl.O=C(CN1CCNCC1c1cccnc1)Nc1cc(F)ccc1F. The van der Waals surface area contributed by atoms with Crippen LogP contribution in [-0.2, 0) is 4.79 Å². The molecule has 1 amide bonds. The summed E-state index contributed by atoms with van der Waals surface area (Å²) in [7, 11) is 0. The minimum atomic E-state index is -0.658. The summed E-state index contributed by atoms with van der Waals surface area (Å²) in [5.74, 6) is -1.63. The van der Waals surface area contributed by atoms with Crippen LogP contribution in [0, 0.1) is 11.6 Å². The summed E-state index contributed by atoms with van der Waals surface area (Å²) in [5, 5.41) is 5.73. The summed E-state index contributed by atoms with van der Waals surface area (Å²) in [6.45, 7) is 2.24. The highest BCUT2D eigenvalue weighted by atomic mass is 35.5. The van der Waals surface area contributed by atoms with Gasteiger partial charge in [0.1, 0.15) is 11.6 Å². The Labute approximate surface area is 150 Å². The van der Waals surface area contributed by atoms with Gasteiger partial charge in [0.25, 0.3) is 0 Å². The summed E-state index contributed by atoms with van der Waals surface area (Å²) in [6, 6.07) is 6.81. The van der Waals surface area contributed by atoms with Gasteiger partial charge in [-0.15, -0.1) is 12.4 Å². The molecule has 1 aromatic heterocycles. The first-order valence-corrected chi connectivity index (χ1v) is 7.73. The van der Waals surface area contributed by atoms with Crippen LogP contribution in [0.1, 0.15) is 11.6 Å². The zero-order valence-corrected chi connectivity index (χ0v) is 14.2. The fraction of sp³-hybridized carbons (Fsp3) is 0.294. The molecule has 1 fully saturated rings. The van der Waals surface area contributed by atoms with Gasteiger partial charge in [-0.25, -0.2) is 8.78 Å². The topological polar surface area (TPSA) is 57.3 Å². The van der Waals surface area contributed by atoms with E-state index in [0.717, 1.165) is 30.3 Å². The number of hydrogen-bond donors (Lipinski definition) is 2. The van der Waals surface area contributed by atoms with Crippen LogP contribution in [0.25, 0.3) is 0 Å². The molecule has 2 N–H and O–H groups in total. The lowest BCUT2D eigenvalue weighted by molar-refractivity contribution is -0.118. The molecule has 2 heterocycles. The third-order valence-electron chi connectivity index (χ3n) is 3.97. The summed E-state index contributed by atoms with van der Waals surface area (Å²) in [4.78, 5) is 18.4. The molecule has 5 nitrogen and oxygen atoms in total. The van der Waals surface area contributed by atoms with Gasteiger partial charge in [0.2, 0.25) is 5.91 Å². The largest absolute Gasteiger partial charge is 0.322 e. The van der Waals surface area contributed by atoms with Gasteiger partial charge in [-0.05, 0) is 23.8 Å². The third-order valence-corrected chi connectivity index (χ3v) is 3.97. The van der Waals surface area contributed by atoms with Crippen LogP contribution < -0.4 is 10.6 Å². The van der Waals surface area contributed by atoms with Gasteiger partial charge in [0.15, 0.2) is 0 Å². The van der Waals surface area contributed by atoms with Crippen LogP contribution in [0.3, 0.4) is 0 Å². The first-order valence-electron chi connectivity index (χ1n) is 7.73. The number of piperazine rings is 1. The van der Waals surface area contributed by atoms with E-state index in [1.807, 2.05) is 17.0 Å². The number of rotatable bonds is 4. The van der Waals surface area contributed by atoms with Crippen molar-refractivity contribution < 1.29 is 13.6 Å². The zero-order chi connectivity index (χ0) is 16.9. The average Bonchev–Trinajstić information content (AvgIpc) is 2.59. The first kappa shape index (κ1) is 19.2. The van der Waals surface area contributed by atoms with Gasteiger partial charge in [-0.2, -0.15) is 0 Å². The number of carbonyl (C=O) groups excluding carboxylic acids is 1.